The van der Waals surface area contributed by atoms with Crippen LogP contribution < -0.4 is 11.1 Å². The smallest absolute Gasteiger partial charge is 0.242 e. The van der Waals surface area contributed by atoms with Crippen LogP contribution in [-0.2, 0) is 9.59 Å². The fourth-order valence-electron chi connectivity index (χ4n) is 2.91. The van der Waals surface area contributed by atoms with Gasteiger partial charge in [-0.05, 0) is 31.6 Å². The number of unbranched alkanes of at least 4 members (excludes halogenated alkanes) is 3. The zero-order chi connectivity index (χ0) is 17.2. The second-order valence-electron chi connectivity index (χ2n) is 6.53. The summed E-state index contributed by atoms with van der Waals surface area (Å²) in [6, 6.07) is -0.887. The molecule has 0 spiro atoms. The number of aliphatic hydroxyl groups is 1. The SMILES string of the molecule is CC[C@H](C)[C@H](N)C(=O)N1CCC[C@H]1C(=O)NCCCCCCO. The van der Waals surface area contributed by atoms with Crippen LogP contribution >= 0.6 is 0 Å². The summed E-state index contributed by atoms with van der Waals surface area (Å²) >= 11 is 0. The fraction of sp³-hybridized carbons (Fsp3) is 0.882. The average molecular weight is 327 g/mol. The molecule has 1 heterocycles. The Morgan fingerprint density at radius 1 is 1.30 bits per heavy atom. The van der Waals surface area contributed by atoms with Gasteiger partial charge in [0.05, 0.1) is 6.04 Å². The minimum Gasteiger partial charge on any atom is -0.396 e. The lowest BCUT2D eigenvalue weighted by atomic mass is 9.98. The van der Waals surface area contributed by atoms with Crippen LogP contribution in [0.25, 0.3) is 0 Å². The topological polar surface area (TPSA) is 95.7 Å². The van der Waals surface area contributed by atoms with Crippen LogP contribution in [-0.4, -0.2) is 53.6 Å². The molecule has 0 radical (unpaired) electrons. The maximum atomic E-state index is 12.5. The van der Waals surface area contributed by atoms with Gasteiger partial charge < -0.3 is 21.1 Å². The summed E-state index contributed by atoms with van der Waals surface area (Å²) in [4.78, 5) is 26.5. The Hall–Kier alpha value is -1.14. The summed E-state index contributed by atoms with van der Waals surface area (Å²) in [7, 11) is 0. The van der Waals surface area contributed by atoms with Gasteiger partial charge in [0, 0.05) is 19.7 Å². The molecular weight excluding hydrogens is 294 g/mol. The number of aliphatic hydroxyl groups excluding tert-OH is 1. The fourth-order valence-corrected chi connectivity index (χ4v) is 2.91. The van der Waals surface area contributed by atoms with Gasteiger partial charge in [-0.25, -0.2) is 0 Å². The van der Waals surface area contributed by atoms with Gasteiger partial charge >= 0.3 is 0 Å². The van der Waals surface area contributed by atoms with E-state index < -0.39 is 6.04 Å². The minimum absolute atomic E-state index is 0.0608. The number of likely N-dealkylation sites (tertiary alicyclic amines) is 1. The Balaban J connectivity index is 2.42. The molecule has 0 aliphatic carbocycles. The van der Waals surface area contributed by atoms with Gasteiger partial charge in [0.1, 0.15) is 6.04 Å². The van der Waals surface area contributed by atoms with Gasteiger partial charge in [-0.2, -0.15) is 0 Å². The first-order chi connectivity index (χ1) is 11.0. The molecule has 0 saturated carbocycles. The molecule has 4 N–H and O–H groups in total. The number of hydrogen-bond donors (Lipinski definition) is 3. The van der Waals surface area contributed by atoms with E-state index in [0.29, 0.717) is 13.1 Å². The highest BCUT2D eigenvalue weighted by atomic mass is 16.3. The number of nitrogens with two attached hydrogens (primary N) is 1. The molecule has 0 unspecified atom stereocenters. The van der Waals surface area contributed by atoms with Crippen LogP contribution in [0.5, 0.6) is 0 Å². The van der Waals surface area contributed by atoms with Crippen LogP contribution in [0, 0.1) is 5.92 Å². The lowest BCUT2D eigenvalue weighted by molar-refractivity contribution is -0.140. The van der Waals surface area contributed by atoms with Crippen molar-refractivity contribution in [1.29, 1.82) is 0 Å². The third-order valence-electron chi connectivity index (χ3n) is 4.76. The number of nitrogens with one attached hydrogen (secondary N) is 1. The zero-order valence-electron chi connectivity index (χ0n) is 14.6. The van der Waals surface area contributed by atoms with Gasteiger partial charge in [0.25, 0.3) is 0 Å². The second kappa shape index (κ2) is 10.6. The number of hydrogen-bond acceptors (Lipinski definition) is 4. The van der Waals surface area contributed by atoms with Crippen molar-refractivity contribution < 1.29 is 14.7 Å². The van der Waals surface area contributed by atoms with E-state index in [-0.39, 0.29) is 30.4 Å². The van der Waals surface area contributed by atoms with E-state index in [9.17, 15) is 9.59 Å². The van der Waals surface area contributed by atoms with Crippen molar-refractivity contribution in [2.45, 2.75) is 70.9 Å². The predicted molar refractivity (Wildman–Crippen MR) is 90.7 cm³/mol. The first-order valence-electron chi connectivity index (χ1n) is 8.97. The molecule has 0 aromatic carbocycles. The first-order valence-corrected chi connectivity index (χ1v) is 8.97. The summed E-state index contributed by atoms with van der Waals surface area (Å²) in [5.41, 5.74) is 6.04. The molecule has 134 valence electrons. The van der Waals surface area contributed by atoms with E-state index in [2.05, 4.69) is 5.32 Å². The van der Waals surface area contributed by atoms with Crippen molar-refractivity contribution in [2.75, 3.05) is 19.7 Å². The van der Waals surface area contributed by atoms with Crippen molar-refractivity contribution in [2.24, 2.45) is 11.7 Å². The van der Waals surface area contributed by atoms with Gasteiger partial charge in [0.15, 0.2) is 0 Å². The molecule has 1 rings (SSSR count). The molecule has 1 fully saturated rings. The van der Waals surface area contributed by atoms with Crippen LogP contribution in [0.3, 0.4) is 0 Å². The maximum Gasteiger partial charge on any atom is 0.242 e. The van der Waals surface area contributed by atoms with E-state index in [1.807, 2.05) is 13.8 Å². The van der Waals surface area contributed by atoms with Gasteiger partial charge in [-0.1, -0.05) is 33.1 Å². The Morgan fingerprint density at radius 3 is 2.65 bits per heavy atom. The lowest BCUT2D eigenvalue weighted by Gasteiger charge is -2.28. The third-order valence-corrected chi connectivity index (χ3v) is 4.76. The Labute approximate surface area is 139 Å². The Bertz CT molecular complexity index is 376. The molecule has 6 heteroatoms. The molecule has 0 bridgehead atoms. The largest absolute Gasteiger partial charge is 0.396 e. The monoisotopic (exact) mass is 327 g/mol. The van der Waals surface area contributed by atoms with Crippen molar-refractivity contribution in [3.63, 3.8) is 0 Å². The van der Waals surface area contributed by atoms with Crippen LogP contribution in [0.2, 0.25) is 0 Å². The van der Waals surface area contributed by atoms with E-state index in [1.54, 1.807) is 4.90 Å². The number of carbonyl (C=O) groups excluding carboxylic acids is 2. The van der Waals surface area contributed by atoms with E-state index in [1.165, 1.54) is 0 Å². The average Bonchev–Trinajstić information content (AvgIpc) is 3.05. The van der Waals surface area contributed by atoms with Crippen molar-refractivity contribution in [3.8, 4) is 0 Å². The summed E-state index contributed by atoms with van der Waals surface area (Å²) in [6.07, 6.45) is 6.11. The molecule has 0 aromatic rings. The molecule has 0 aromatic heterocycles. The standard InChI is InChI=1S/C17H33N3O3/c1-3-13(2)15(18)17(23)20-11-8-9-14(20)16(22)19-10-6-4-5-7-12-21/h13-15,21H,3-12,18H2,1-2H3,(H,19,22)/t13-,14-,15-/m0/s1. The highest BCUT2D eigenvalue weighted by molar-refractivity contribution is 5.90. The predicted octanol–water partition coefficient (Wildman–Crippen LogP) is 1.02. The Morgan fingerprint density at radius 2 is 2.00 bits per heavy atom. The highest BCUT2D eigenvalue weighted by Gasteiger charge is 2.36. The van der Waals surface area contributed by atoms with Crippen LogP contribution in [0.15, 0.2) is 0 Å². The van der Waals surface area contributed by atoms with Gasteiger partial charge in [-0.3, -0.25) is 9.59 Å². The zero-order valence-corrected chi connectivity index (χ0v) is 14.6. The minimum atomic E-state index is -0.521. The summed E-state index contributed by atoms with van der Waals surface area (Å²) < 4.78 is 0. The number of carbonyl (C=O) groups is 2. The normalized spacial score (nSPS) is 20.3. The quantitative estimate of drug-likeness (QED) is 0.522. The lowest BCUT2D eigenvalue weighted by Crippen LogP contribution is -2.53. The highest BCUT2D eigenvalue weighted by Crippen LogP contribution is 2.20. The molecule has 6 nitrogen and oxygen atoms in total. The third kappa shape index (κ3) is 6.11. The van der Waals surface area contributed by atoms with Crippen LogP contribution in [0.4, 0.5) is 0 Å². The molecule has 2 amide bonds. The molecular formula is C17H33N3O3. The van der Waals surface area contributed by atoms with Crippen molar-refractivity contribution in [1.82, 2.24) is 10.2 Å². The first kappa shape index (κ1) is 19.9. The number of nitrogens with zero attached hydrogens (tertiary/aromatic N) is 1. The summed E-state index contributed by atoms with van der Waals surface area (Å²) in [5.74, 6) is -0.0346. The summed E-state index contributed by atoms with van der Waals surface area (Å²) in [6.45, 7) is 5.46. The van der Waals surface area contributed by atoms with Gasteiger partial charge in [0.2, 0.25) is 11.8 Å². The van der Waals surface area contributed by atoms with Crippen molar-refractivity contribution >= 4 is 11.8 Å². The molecule has 3 atom stereocenters. The van der Waals surface area contributed by atoms with E-state index in [0.717, 1.165) is 44.9 Å². The van der Waals surface area contributed by atoms with Crippen LogP contribution in [0.1, 0.15) is 58.8 Å². The Kier molecular flexibility index (Phi) is 9.17. The second-order valence-corrected chi connectivity index (χ2v) is 6.53. The van der Waals surface area contributed by atoms with Crippen molar-refractivity contribution in [3.05, 3.63) is 0 Å². The van der Waals surface area contributed by atoms with E-state index in [4.69, 9.17) is 10.8 Å². The van der Waals surface area contributed by atoms with Gasteiger partial charge in [-0.15, -0.1) is 0 Å². The maximum absolute atomic E-state index is 12.5. The molecule has 1 saturated heterocycles. The molecule has 1 aliphatic rings. The molecule has 1 aliphatic heterocycles. The number of rotatable bonds is 10. The summed E-state index contributed by atoms with van der Waals surface area (Å²) in [5, 5.41) is 11.7. The number of amides is 2. The van der Waals surface area contributed by atoms with E-state index >= 15 is 0 Å². The molecule has 23 heavy (non-hydrogen) atoms.